The van der Waals surface area contributed by atoms with Crippen molar-refractivity contribution in [2.45, 2.75) is 44.2 Å². The van der Waals surface area contributed by atoms with Gasteiger partial charge in [-0.3, -0.25) is 4.79 Å². The van der Waals surface area contributed by atoms with E-state index >= 15 is 0 Å². The van der Waals surface area contributed by atoms with Crippen molar-refractivity contribution in [3.8, 4) is 0 Å². The fourth-order valence-electron chi connectivity index (χ4n) is 2.48. The van der Waals surface area contributed by atoms with Gasteiger partial charge in [0.15, 0.2) is 0 Å². The minimum absolute atomic E-state index is 0.117. The molecule has 3 N–H and O–H groups in total. The third-order valence-electron chi connectivity index (χ3n) is 3.99. The van der Waals surface area contributed by atoms with Crippen molar-refractivity contribution < 1.29 is 5.11 Å². The largest absolute Gasteiger partial charge is 0.394 e. The molecule has 0 saturated heterocycles. The van der Waals surface area contributed by atoms with Gasteiger partial charge in [-0.25, -0.2) is 0 Å². The zero-order valence-electron chi connectivity index (χ0n) is 9.80. The number of hydrogen-bond donors (Lipinski definition) is 2. The summed E-state index contributed by atoms with van der Waals surface area (Å²) in [6.45, 7) is 0.602. The van der Waals surface area contributed by atoms with Gasteiger partial charge in [0.25, 0.3) is 5.56 Å². The van der Waals surface area contributed by atoms with Crippen LogP contribution in [0.5, 0.6) is 0 Å². The van der Waals surface area contributed by atoms with Crippen LogP contribution in [-0.2, 0) is 6.54 Å². The highest BCUT2D eigenvalue weighted by Crippen LogP contribution is 2.40. The summed E-state index contributed by atoms with van der Waals surface area (Å²) in [6.07, 6.45) is 5.94. The maximum Gasteiger partial charge on any atom is 0.273 e. The van der Waals surface area contributed by atoms with Gasteiger partial charge in [-0.15, -0.1) is 0 Å². The number of nitrogens with zero attached hydrogens (tertiary/aromatic N) is 1. The normalized spacial score (nSPS) is 27.8. The Morgan fingerprint density at radius 2 is 2.12 bits per heavy atom. The lowest BCUT2D eigenvalue weighted by atomic mass is 9.82. The van der Waals surface area contributed by atoms with Crippen molar-refractivity contribution in [3.05, 3.63) is 28.2 Å². The monoisotopic (exact) mass is 234 g/mol. The Labute approximate surface area is 100 Å². The second-order valence-corrected chi connectivity index (χ2v) is 5.37. The molecule has 1 heterocycles. The van der Waals surface area contributed by atoms with Crippen LogP contribution < -0.4 is 11.3 Å². The molecule has 1 unspecified atom stereocenters. The molecule has 92 valence electrons. The Kier molecular flexibility index (Phi) is 2.47. The van der Waals surface area contributed by atoms with Gasteiger partial charge in [0.2, 0.25) is 0 Å². The molecule has 2 aliphatic carbocycles. The summed E-state index contributed by atoms with van der Waals surface area (Å²) < 4.78 is 1.69. The van der Waals surface area contributed by atoms with Gasteiger partial charge in [-0.1, -0.05) is 0 Å². The second kappa shape index (κ2) is 3.88. The van der Waals surface area contributed by atoms with E-state index in [0.717, 1.165) is 12.8 Å². The van der Waals surface area contributed by atoms with E-state index in [1.54, 1.807) is 4.57 Å². The molecule has 0 radical (unpaired) electrons. The van der Waals surface area contributed by atoms with Gasteiger partial charge < -0.3 is 15.4 Å². The lowest BCUT2D eigenvalue weighted by molar-refractivity contribution is 0.0142. The van der Waals surface area contributed by atoms with E-state index in [2.05, 4.69) is 0 Å². The third kappa shape index (κ3) is 1.97. The molecular weight excluding hydrogens is 216 g/mol. The minimum Gasteiger partial charge on any atom is -0.394 e. The zero-order chi connectivity index (χ0) is 12.0. The fourth-order valence-corrected chi connectivity index (χ4v) is 2.48. The molecule has 0 aliphatic heterocycles. The Hall–Kier alpha value is -1.29. The molecule has 4 heteroatoms. The van der Waals surface area contributed by atoms with Crippen molar-refractivity contribution in [2.75, 3.05) is 5.73 Å². The number of anilines is 1. The molecule has 0 aromatic carbocycles. The summed E-state index contributed by atoms with van der Waals surface area (Å²) in [4.78, 5) is 11.9. The number of hydrogen-bond acceptors (Lipinski definition) is 3. The van der Waals surface area contributed by atoms with Gasteiger partial charge in [-0.2, -0.15) is 0 Å². The lowest BCUT2D eigenvalue weighted by Crippen LogP contribution is -2.37. The summed E-state index contributed by atoms with van der Waals surface area (Å²) in [5, 5.41) is 9.57. The summed E-state index contributed by atoms with van der Waals surface area (Å²) in [6, 6.07) is 1.81. The van der Waals surface area contributed by atoms with E-state index < -0.39 is 0 Å². The number of pyridine rings is 1. The number of nitrogens with two attached hydrogens (primary N) is 1. The summed E-state index contributed by atoms with van der Waals surface area (Å²) in [7, 11) is 0. The summed E-state index contributed by atoms with van der Waals surface area (Å²) in [5.74, 6) is 0.817. The van der Waals surface area contributed by atoms with Crippen LogP contribution in [0.15, 0.2) is 17.1 Å². The van der Waals surface area contributed by atoms with Crippen molar-refractivity contribution in [1.29, 1.82) is 0 Å². The number of aliphatic hydroxyl groups excluding tert-OH is 1. The van der Waals surface area contributed by atoms with Crippen molar-refractivity contribution in [2.24, 2.45) is 5.92 Å². The first-order valence-corrected chi connectivity index (χ1v) is 6.33. The number of aliphatic hydroxyl groups is 1. The molecule has 0 amide bonds. The average molecular weight is 234 g/mol. The first kappa shape index (κ1) is 10.8. The van der Waals surface area contributed by atoms with Crippen LogP contribution in [0.25, 0.3) is 0 Å². The summed E-state index contributed by atoms with van der Waals surface area (Å²) >= 11 is 0. The van der Waals surface area contributed by atoms with Crippen LogP contribution in [0, 0.1) is 5.92 Å². The predicted octanol–water partition coefficient (Wildman–Crippen LogP) is 1.08. The van der Waals surface area contributed by atoms with Gasteiger partial charge >= 0.3 is 0 Å². The molecular formula is C13H18N2O2. The van der Waals surface area contributed by atoms with E-state index in [4.69, 9.17) is 5.73 Å². The van der Waals surface area contributed by atoms with Crippen LogP contribution in [0.1, 0.15) is 37.2 Å². The Bertz CT molecular complexity index is 491. The van der Waals surface area contributed by atoms with E-state index in [1.165, 1.54) is 18.4 Å². The van der Waals surface area contributed by atoms with Crippen LogP contribution in [0.3, 0.4) is 0 Å². The van der Waals surface area contributed by atoms with Crippen LogP contribution in [0.4, 0.5) is 5.69 Å². The van der Waals surface area contributed by atoms with E-state index in [-0.39, 0.29) is 17.6 Å². The Balaban J connectivity index is 1.88. The van der Waals surface area contributed by atoms with Gasteiger partial charge in [0.05, 0.1) is 11.8 Å². The molecule has 3 rings (SSSR count). The molecule has 2 atom stereocenters. The number of nitrogen functional groups attached to an aromatic ring is 1. The maximum absolute atomic E-state index is 11.9. The average Bonchev–Trinajstić information content (AvgIpc) is 3.12. The van der Waals surface area contributed by atoms with E-state index in [1.807, 2.05) is 12.3 Å². The van der Waals surface area contributed by atoms with Crippen molar-refractivity contribution in [1.82, 2.24) is 4.57 Å². The molecule has 1 aromatic rings. The van der Waals surface area contributed by atoms with Crippen molar-refractivity contribution in [3.63, 3.8) is 0 Å². The molecule has 17 heavy (non-hydrogen) atoms. The SMILES string of the molecule is Nc1cc(C2CC2)cn(CC2CC[C@@H]2O)c1=O. The highest BCUT2D eigenvalue weighted by Gasteiger charge is 2.30. The topological polar surface area (TPSA) is 68.2 Å². The fraction of sp³-hybridized carbons (Fsp3) is 0.615. The minimum atomic E-state index is -0.243. The van der Waals surface area contributed by atoms with Gasteiger partial charge in [0, 0.05) is 18.7 Å². The molecule has 2 aliphatic rings. The molecule has 2 fully saturated rings. The second-order valence-electron chi connectivity index (χ2n) is 5.37. The highest BCUT2D eigenvalue weighted by molar-refractivity contribution is 5.40. The van der Waals surface area contributed by atoms with Gasteiger partial charge in [-0.05, 0) is 43.2 Å². The molecule has 1 aromatic heterocycles. The first-order valence-electron chi connectivity index (χ1n) is 6.33. The number of aromatic nitrogens is 1. The van der Waals surface area contributed by atoms with Crippen molar-refractivity contribution >= 4 is 5.69 Å². The Morgan fingerprint density at radius 3 is 2.65 bits per heavy atom. The van der Waals surface area contributed by atoms with Crippen LogP contribution >= 0.6 is 0 Å². The van der Waals surface area contributed by atoms with Crippen LogP contribution in [-0.4, -0.2) is 15.8 Å². The quantitative estimate of drug-likeness (QED) is 0.822. The van der Waals surface area contributed by atoms with E-state index in [0.29, 0.717) is 18.2 Å². The van der Waals surface area contributed by atoms with Crippen LogP contribution in [0.2, 0.25) is 0 Å². The predicted molar refractivity (Wildman–Crippen MR) is 65.8 cm³/mol. The van der Waals surface area contributed by atoms with Gasteiger partial charge in [0.1, 0.15) is 0 Å². The smallest absolute Gasteiger partial charge is 0.273 e. The Morgan fingerprint density at radius 1 is 1.35 bits per heavy atom. The zero-order valence-corrected chi connectivity index (χ0v) is 9.80. The number of rotatable bonds is 3. The molecule has 2 saturated carbocycles. The van der Waals surface area contributed by atoms with E-state index in [9.17, 15) is 9.90 Å². The maximum atomic E-state index is 11.9. The molecule has 0 bridgehead atoms. The summed E-state index contributed by atoms with van der Waals surface area (Å²) in [5.41, 5.74) is 7.16. The standard InChI is InChI=1S/C13H18N2O2/c14-11-5-10(8-1-2-8)7-15(13(11)17)6-9-3-4-12(9)16/h5,7-9,12,16H,1-4,6,14H2/t9?,12-/m0/s1. The molecule has 0 spiro atoms. The lowest BCUT2D eigenvalue weighted by Gasteiger charge is -2.32. The first-order chi connectivity index (χ1) is 8.15. The third-order valence-corrected chi connectivity index (χ3v) is 3.99. The highest BCUT2D eigenvalue weighted by atomic mass is 16.3. The molecule has 4 nitrogen and oxygen atoms in total.